The minimum Gasteiger partial charge on any atom is -0.491 e. The minimum atomic E-state index is -0.756. The van der Waals surface area contributed by atoms with Crippen LogP contribution in [-0.4, -0.2) is 35.4 Å². The van der Waals surface area contributed by atoms with E-state index in [0.717, 1.165) is 22.6 Å². The lowest BCUT2D eigenvalue weighted by atomic mass is 10.1. The van der Waals surface area contributed by atoms with E-state index in [2.05, 4.69) is 10.5 Å². The Morgan fingerprint density at radius 2 is 2.17 bits per heavy atom. The zero-order chi connectivity index (χ0) is 17.5. The Morgan fingerprint density at radius 3 is 2.83 bits per heavy atom. The molecule has 0 spiro atoms. The molecule has 2 N–H and O–H groups in total. The molecule has 2 aromatic rings. The van der Waals surface area contributed by atoms with Gasteiger partial charge in [0.1, 0.15) is 24.2 Å². The van der Waals surface area contributed by atoms with Crippen LogP contribution in [0.15, 0.2) is 28.8 Å². The molecule has 130 valence electrons. The maximum Gasteiger partial charge on any atom is 0.220 e. The fourth-order valence-electron chi connectivity index (χ4n) is 2.37. The second-order valence-corrected chi connectivity index (χ2v) is 5.89. The summed E-state index contributed by atoms with van der Waals surface area (Å²) in [5, 5.41) is 16.5. The monoisotopic (exact) mass is 332 g/mol. The molecular weight excluding hydrogens is 308 g/mol. The van der Waals surface area contributed by atoms with Crippen molar-refractivity contribution in [2.45, 2.75) is 39.7 Å². The summed E-state index contributed by atoms with van der Waals surface area (Å²) in [7, 11) is 0. The highest BCUT2D eigenvalue weighted by Crippen LogP contribution is 2.14. The van der Waals surface area contributed by atoms with Crippen LogP contribution in [0.3, 0.4) is 0 Å². The van der Waals surface area contributed by atoms with Crippen molar-refractivity contribution < 1.29 is 19.2 Å². The van der Waals surface area contributed by atoms with Crippen LogP contribution in [0.5, 0.6) is 5.75 Å². The lowest BCUT2D eigenvalue weighted by Gasteiger charge is -2.13. The number of amides is 1. The maximum atomic E-state index is 11.9. The smallest absolute Gasteiger partial charge is 0.220 e. The van der Waals surface area contributed by atoms with E-state index in [1.807, 2.05) is 45.0 Å². The zero-order valence-electron chi connectivity index (χ0n) is 14.3. The lowest BCUT2D eigenvalue weighted by molar-refractivity contribution is -0.121. The van der Waals surface area contributed by atoms with Gasteiger partial charge in [0.05, 0.1) is 5.69 Å². The molecule has 0 radical (unpaired) electrons. The van der Waals surface area contributed by atoms with Crippen LogP contribution in [0.2, 0.25) is 0 Å². The normalized spacial score (nSPS) is 12.0. The second-order valence-electron chi connectivity index (χ2n) is 5.89. The number of hydrogen-bond donors (Lipinski definition) is 2. The summed E-state index contributed by atoms with van der Waals surface area (Å²) in [5.74, 6) is 1.33. The van der Waals surface area contributed by atoms with Gasteiger partial charge in [-0.05, 0) is 44.9 Å². The number of hydrogen-bond acceptors (Lipinski definition) is 5. The fourth-order valence-corrected chi connectivity index (χ4v) is 2.37. The van der Waals surface area contributed by atoms with Crippen molar-refractivity contribution in [2.75, 3.05) is 13.2 Å². The molecule has 0 saturated carbocycles. The number of nitrogens with zero attached hydrogens (tertiary/aromatic N) is 1. The number of aromatic nitrogens is 1. The first-order chi connectivity index (χ1) is 11.5. The number of carbonyl (C=O) groups is 1. The van der Waals surface area contributed by atoms with Crippen LogP contribution in [0, 0.1) is 20.8 Å². The van der Waals surface area contributed by atoms with E-state index in [1.54, 1.807) is 0 Å². The van der Waals surface area contributed by atoms with Gasteiger partial charge in [0.2, 0.25) is 5.91 Å². The van der Waals surface area contributed by atoms with E-state index in [0.29, 0.717) is 18.6 Å². The molecular formula is C18H24N2O4. The predicted octanol–water partition coefficient (Wildman–Crippen LogP) is 2.09. The zero-order valence-corrected chi connectivity index (χ0v) is 14.3. The van der Waals surface area contributed by atoms with Gasteiger partial charge >= 0.3 is 0 Å². The number of carbonyl (C=O) groups excluding carboxylic acids is 1. The summed E-state index contributed by atoms with van der Waals surface area (Å²) in [5.41, 5.74) is 2.87. The minimum absolute atomic E-state index is 0.121. The molecule has 24 heavy (non-hydrogen) atoms. The highest BCUT2D eigenvalue weighted by atomic mass is 16.5. The molecule has 0 bridgehead atoms. The summed E-state index contributed by atoms with van der Waals surface area (Å²) in [6.07, 6.45) is 0.144. The Bertz CT molecular complexity index is 662. The highest BCUT2D eigenvalue weighted by molar-refractivity contribution is 5.76. The number of ether oxygens (including phenoxy) is 1. The fraction of sp³-hybridized carbons (Fsp3) is 0.444. The van der Waals surface area contributed by atoms with Gasteiger partial charge in [-0.3, -0.25) is 4.79 Å². The average Bonchev–Trinajstić information content (AvgIpc) is 2.87. The van der Waals surface area contributed by atoms with Crippen molar-refractivity contribution in [3.63, 3.8) is 0 Å². The summed E-state index contributed by atoms with van der Waals surface area (Å²) < 4.78 is 10.6. The molecule has 1 atom stereocenters. The van der Waals surface area contributed by atoms with Crippen LogP contribution >= 0.6 is 0 Å². The van der Waals surface area contributed by atoms with Crippen LogP contribution in [0.1, 0.15) is 29.0 Å². The molecule has 1 aromatic heterocycles. The van der Waals surface area contributed by atoms with E-state index in [1.165, 1.54) is 0 Å². The third-order valence-corrected chi connectivity index (χ3v) is 3.75. The number of benzene rings is 1. The van der Waals surface area contributed by atoms with Crippen molar-refractivity contribution in [3.8, 4) is 5.75 Å². The third-order valence-electron chi connectivity index (χ3n) is 3.75. The molecule has 0 aliphatic rings. The number of nitrogens with one attached hydrogen (secondary N) is 1. The molecule has 0 saturated heterocycles. The largest absolute Gasteiger partial charge is 0.491 e. The molecule has 0 aliphatic heterocycles. The summed E-state index contributed by atoms with van der Waals surface area (Å²) in [4.78, 5) is 11.9. The number of rotatable bonds is 8. The Labute approximate surface area is 141 Å². The molecule has 1 unspecified atom stereocenters. The topological polar surface area (TPSA) is 84.6 Å². The maximum absolute atomic E-state index is 11.9. The van der Waals surface area contributed by atoms with Gasteiger partial charge < -0.3 is 19.7 Å². The van der Waals surface area contributed by atoms with Crippen molar-refractivity contribution in [1.29, 1.82) is 0 Å². The molecule has 2 rings (SSSR count). The van der Waals surface area contributed by atoms with Crippen molar-refractivity contribution in [2.24, 2.45) is 0 Å². The average molecular weight is 332 g/mol. The Morgan fingerprint density at radius 1 is 1.38 bits per heavy atom. The van der Waals surface area contributed by atoms with Crippen LogP contribution < -0.4 is 10.1 Å². The van der Waals surface area contributed by atoms with Gasteiger partial charge in [-0.25, -0.2) is 0 Å². The molecule has 6 heteroatoms. The van der Waals surface area contributed by atoms with Crippen molar-refractivity contribution in [3.05, 3.63) is 46.8 Å². The highest BCUT2D eigenvalue weighted by Gasteiger charge is 2.12. The first-order valence-electron chi connectivity index (χ1n) is 8.01. The van der Waals surface area contributed by atoms with Crippen LogP contribution in [-0.2, 0) is 11.2 Å². The third kappa shape index (κ3) is 5.38. The van der Waals surface area contributed by atoms with Crippen LogP contribution in [0.4, 0.5) is 0 Å². The molecule has 1 heterocycles. The summed E-state index contributed by atoms with van der Waals surface area (Å²) in [6.45, 7) is 5.96. The van der Waals surface area contributed by atoms with E-state index in [4.69, 9.17) is 9.26 Å². The lowest BCUT2D eigenvalue weighted by Crippen LogP contribution is -2.35. The van der Waals surface area contributed by atoms with Crippen molar-refractivity contribution in [1.82, 2.24) is 10.5 Å². The van der Waals surface area contributed by atoms with Gasteiger partial charge in [-0.2, -0.15) is 0 Å². The van der Waals surface area contributed by atoms with Gasteiger partial charge in [0.15, 0.2) is 0 Å². The van der Waals surface area contributed by atoms with Gasteiger partial charge in [0, 0.05) is 18.5 Å². The Balaban J connectivity index is 1.67. The van der Waals surface area contributed by atoms with E-state index in [-0.39, 0.29) is 19.1 Å². The van der Waals surface area contributed by atoms with Gasteiger partial charge in [-0.15, -0.1) is 0 Å². The number of aryl methyl sites for hydroxylation is 3. The van der Waals surface area contributed by atoms with E-state index < -0.39 is 6.10 Å². The second kappa shape index (κ2) is 8.49. The standard InChI is InChI=1S/C18H24N2O4/c1-12-5-4-6-16(9-12)23-11-15(21)10-19-18(22)8-7-17-13(2)20-24-14(17)3/h4-6,9,15,21H,7-8,10-11H2,1-3H3,(H,19,22). The molecule has 0 fully saturated rings. The summed E-state index contributed by atoms with van der Waals surface area (Å²) in [6, 6.07) is 7.60. The Hall–Kier alpha value is -2.34. The molecule has 1 amide bonds. The molecule has 0 aliphatic carbocycles. The van der Waals surface area contributed by atoms with Gasteiger partial charge in [-0.1, -0.05) is 17.3 Å². The number of aliphatic hydroxyl groups excluding tert-OH is 1. The predicted molar refractivity (Wildman–Crippen MR) is 90.0 cm³/mol. The molecule has 6 nitrogen and oxygen atoms in total. The van der Waals surface area contributed by atoms with E-state index in [9.17, 15) is 9.90 Å². The van der Waals surface area contributed by atoms with Gasteiger partial charge in [0.25, 0.3) is 0 Å². The summed E-state index contributed by atoms with van der Waals surface area (Å²) >= 11 is 0. The van der Waals surface area contributed by atoms with Crippen molar-refractivity contribution >= 4 is 5.91 Å². The SMILES string of the molecule is Cc1cccc(OCC(O)CNC(=O)CCc2c(C)noc2C)c1. The quantitative estimate of drug-likeness (QED) is 0.773. The first-order valence-corrected chi connectivity index (χ1v) is 8.01. The van der Waals surface area contributed by atoms with E-state index >= 15 is 0 Å². The number of aliphatic hydroxyl groups is 1. The van der Waals surface area contributed by atoms with Crippen LogP contribution in [0.25, 0.3) is 0 Å². The molecule has 1 aromatic carbocycles. The first kappa shape index (κ1) is 18.0. The Kier molecular flexibility index (Phi) is 6.37.